The van der Waals surface area contributed by atoms with Crippen molar-refractivity contribution in [1.29, 1.82) is 0 Å². The van der Waals surface area contributed by atoms with Crippen LogP contribution >= 0.6 is 0 Å². The summed E-state index contributed by atoms with van der Waals surface area (Å²) in [6.07, 6.45) is 8.40. The molecule has 3 rings (SSSR count). The minimum Gasteiger partial charge on any atom is -0.507 e. The topological polar surface area (TPSA) is 50.4 Å². The molecule has 0 aliphatic rings. The standard InChI is InChI=1S/C23H28O3/c1-3-5-7-11-16-15-20-21(22(24)17(16)12-8-6-4-2)23(25)18-13-9-10-14-19(18)26-20/h9-10,13-15,24H,3-8,11-12H2,1-2H3. The van der Waals surface area contributed by atoms with E-state index in [1.807, 2.05) is 18.2 Å². The van der Waals surface area contributed by atoms with E-state index >= 15 is 0 Å². The molecule has 3 aromatic rings. The summed E-state index contributed by atoms with van der Waals surface area (Å²) >= 11 is 0. The maximum atomic E-state index is 12.9. The zero-order chi connectivity index (χ0) is 18.5. The fraction of sp³-hybridized carbons (Fsp3) is 0.435. The van der Waals surface area contributed by atoms with Gasteiger partial charge in [0.25, 0.3) is 0 Å². The van der Waals surface area contributed by atoms with Crippen molar-refractivity contribution in [2.75, 3.05) is 0 Å². The van der Waals surface area contributed by atoms with Gasteiger partial charge < -0.3 is 9.52 Å². The Morgan fingerprint density at radius 1 is 0.923 bits per heavy atom. The number of phenolic OH excluding ortho intramolecular Hbond substituents is 1. The molecule has 1 aromatic heterocycles. The van der Waals surface area contributed by atoms with Gasteiger partial charge in [-0.25, -0.2) is 0 Å². The molecule has 138 valence electrons. The minimum atomic E-state index is -0.142. The fourth-order valence-electron chi connectivity index (χ4n) is 3.65. The van der Waals surface area contributed by atoms with Gasteiger partial charge in [-0.3, -0.25) is 4.79 Å². The smallest absolute Gasteiger partial charge is 0.204 e. The van der Waals surface area contributed by atoms with Crippen LogP contribution in [0.25, 0.3) is 21.9 Å². The maximum absolute atomic E-state index is 12.9. The number of hydrogen-bond acceptors (Lipinski definition) is 3. The third-order valence-electron chi connectivity index (χ3n) is 5.12. The van der Waals surface area contributed by atoms with Gasteiger partial charge in [-0.15, -0.1) is 0 Å². The van der Waals surface area contributed by atoms with Gasteiger partial charge in [-0.05, 0) is 55.0 Å². The molecular weight excluding hydrogens is 324 g/mol. The highest BCUT2D eigenvalue weighted by Crippen LogP contribution is 2.34. The Balaban J connectivity index is 2.17. The SMILES string of the molecule is CCCCCc1cc2oc3ccccc3c(=O)c2c(O)c1CCCCC. The van der Waals surface area contributed by atoms with Gasteiger partial charge in [-0.2, -0.15) is 0 Å². The Labute approximate surface area is 154 Å². The van der Waals surface area contributed by atoms with Gasteiger partial charge in [0.05, 0.1) is 5.39 Å². The molecule has 0 atom stereocenters. The number of aromatic hydroxyl groups is 1. The van der Waals surface area contributed by atoms with E-state index in [0.29, 0.717) is 21.9 Å². The maximum Gasteiger partial charge on any atom is 0.204 e. The number of aryl methyl sites for hydroxylation is 1. The first-order valence-electron chi connectivity index (χ1n) is 9.86. The molecule has 0 fully saturated rings. The molecule has 0 saturated carbocycles. The van der Waals surface area contributed by atoms with Gasteiger partial charge >= 0.3 is 0 Å². The lowest BCUT2D eigenvalue weighted by Gasteiger charge is -2.14. The van der Waals surface area contributed by atoms with E-state index in [-0.39, 0.29) is 11.2 Å². The van der Waals surface area contributed by atoms with Crippen LogP contribution in [0.5, 0.6) is 5.75 Å². The van der Waals surface area contributed by atoms with E-state index in [1.165, 1.54) is 0 Å². The van der Waals surface area contributed by atoms with Crippen molar-refractivity contribution in [3.8, 4) is 5.75 Å². The molecule has 3 nitrogen and oxygen atoms in total. The summed E-state index contributed by atoms with van der Waals surface area (Å²) in [5, 5.41) is 11.8. The zero-order valence-corrected chi connectivity index (χ0v) is 15.8. The highest BCUT2D eigenvalue weighted by atomic mass is 16.3. The molecular formula is C23H28O3. The predicted octanol–water partition coefficient (Wildman–Crippen LogP) is 6.12. The third-order valence-corrected chi connectivity index (χ3v) is 5.12. The Morgan fingerprint density at radius 3 is 2.35 bits per heavy atom. The lowest BCUT2D eigenvalue weighted by molar-refractivity contribution is 0.470. The lowest BCUT2D eigenvalue weighted by Crippen LogP contribution is -2.06. The van der Waals surface area contributed by atoms with Crippen molar-refractivity contribution in [1.82, 2.24) is 0 Å². The van der Waals surface area contributed by atoms with E-state index in [0.717, 1.165) is 62.5 Å². The molecule has 0 saturated heterocycles. The van der Waals surface area contributed by atoms with E-state index in [1.54, 1.807) is 12.1 Å². The summed E-state index contributed by atoms with van der Waals surface area (Å²) in [5.41, 5.74) is 2.98. The van der Waals surface area contributed by atoms with Crippen molar-refractivity contribution in [2.24, 2.45) is 0 Å². The Kier molecular flexibility index (Phi) is 5.97. The molecule has 0 spiro atoms. The van der Waals surface area contributed by atoms with Gasteiger partial charge in [0, 0.05) is 0 Å². The highest BCUT2D eigenvalue weighted by Gasteiger charge is 2.18. The van der Waals surface area contributed by atoms with E-state index < -0.39 is 0 Å². The summed E-state index contributed by atoms with van der Waals surface area (Å²) in [6, 6.07) is 9.23. The van der Waals surface area contributed by atoms with Gasteiger partial charge in [0.2, 0.25) is 5.43 Å². The van der Waals surface area contributed by atoms with E-state index in [9.17, 15) is 9.90 Å². The molecule has 0 aliphatic heterocycles. The molecule has 1 N–H and O–H groups in total. The number of para-hydroxylation sites is 1. The van der Waals surface area contributed by atoms with Crippen molar-refractivity contribution in [3.05, 3.63) is 51.7 Å². The van der Waals surface area contributed by atoms with Crippen LogP contribution in [0.2, 0.25) is 0 Å². The number of fused-ring (bicyclic) bond motifs is 2. The summed E-state index contributed by atoms with van der Waals surface area (Å²) in [7, 11) is 0. The molecule has 0 aliphatic carbocycles. The molecule has 2 aromatic carbocycles. The largest absolute Gasteiger partial charge is 0.507 e. The second-order valence-corrected chi connectivity index (χ2v) is 7.08. The first-order chi connectivity index (χ1) is 12.7. The average Bonchev–Trinajstić information content (AvgIpc) is 2.64. The molecule has 0 amide bonds. The van der Waals surface area contributed by atoms with Crippen LogP contribution in [0.1, 0.15) is 63.5 Å². The number of phenols is 1. The van der Waals surface area contributed by atoms with Crippen molar-refractivity contribution < 1.29 is 9.52 Å². The number of hydrogen-bond donors (Lipinski definition) is 1. The van der Waals surface area contributed by atoms with Gasteiger partial charge in [0.15, 0.2) is 0 Å². The molecule has 26 heavy (non-hydrogen) atoms. The van der Waals surface area contributed by atoms with Gasteiger partial charge in [0.1, 0.15) is 22.3 Å². The van der Waals surface area contributed by atoms with Crippen LogP contribution in [0.4, 0.5) is 0 Å². The van der Waals surface area contributed by atoms with Crippen molar-refractivity contribution in [2.45, 2.75) is 65.2 Å². The highest BCUT2D eigenvalue weighted by molar-refractivity contribution is 5.94. The number of unbranched alkanes of at least 4 members (excludes halogenated alkanes) is 4. The Bertz CT molecular complexity index is 953. The summed E-state index contributed by atoms with van der Waals surface area (Å²) in [4.78, 5) is 12.9. The second-order valence-electron chi connectivity index (χ2n) is 7.08. The Morgan fingerprint density at radius 2 is 1.62 bits per heavy atom. The van der Waals surface area contributed by atoms with Gasteiger partial charge in [-0.1, -0.05) is 51.7 Å². The molecule has 0 unspecified atom stereocenters. The summed E-state index contributed by atoms with van der Waals surface area (Å²) < 4.78 is 5.98. The van der Waals surface area contributed by atoms with Crippen LogP contribution in [-0.4, -0.2) is 5.11 Å². The fourth-order valence-corrected chi connectivity index (χ4v) is 3.65. The zero-order valence-electron chi connectivity index (χ0n) is 15.8. The second kappa shape index (κ2) is 8.39. The van der Waals surface area contributed by atoms with Crippen LogP contribution in [-0.2, 0) is 12.8 Å². The van der Waals surface area contributed by atoms with Crippen molar-refractivity contribution >= 4 is 21.9 Å². The van der Waals surface area contributed by atoms with Crippen LogP contribution in [0.15, 0.2) is 39.5 Å². The predicted molar refractivity (Wildman–Crippen MR) is 108 cm³/mol. The normalized spacial score (nSPS) is 11.5. The molecule has 3 heteroatoms. The number of benzene rings is 2. The molecule has 1 heterocycles. The minimum absolute atomic E-state index is 0.129. The monoisotopic (exact) mass is 352 g/mol. The number of rotatable bonds is 8. The third kappa shape index (κ3) is 3.62. The van der Waals surface area contributed by atoms with Crippen molar-refractivity contribution in [3.63, 3.8) is 0 Å². The molecule has 0 radical (unpaired) electrons. The first kappa shape index (κ1) is 18.5. The summed E-state index contributed by atoms with van der Waals surface area (Å²) in [5.74, 6) is 0.129. The first-order valence-corrected chi connectivity index (χ1v) is 9.86. The van der Waals surface area contributed by atoms with Crippen LogP contribution in [0.3, 0.4) is 0 Å². The van der Waals surface area contributed by atoms with Crippen LogP contribution in [0, 0.1) is 0 Å². The summed E-state index contributed by atoms with van der Waals surface area (Å²) in [6.45, 7) is 4.36. The van der Waals surface area contributed by atoms with Crippen LogP contribution < -0.4 is 5.43 Å². The Hall–Kier alpha value is -2.29. The average molecular weight is 352 g/mol. The van der Waals surface area contributed by atoms with E-state index in [2.05, 4.69) is 13.8 Å². The quantitative estimate of drug-likeness (QED) is 0.392. The lowest BCUT2D eigenvalue weighted by atomic mass is 9.93. The van der Waals surface area contributed by atoms with E-state index in [4.69, 9.17) is 4.42 Å². The molecule has 0 bridgehead atoms.